The number of aliphatic carboxylic acids is 1. The topological polar surface area (TPSA) is 73.4 Å². The van der Waals surface area contributed by atoms with E-state index in [-0.39, 0.29) is 5.91 Å². The van der Waals surface area contributed by atoms with Crippen LogP contribution in [0.4, 0.5) is 0 Å². The molecule has 1 aliphatic heterocycles. The molecule has 2 heterocycles. The Balaban J connectivity index is 1.77. The van der Waals surface area contributed by atoms with E-state index >= 15 is 0 Å². The third kappa shape index (κ3) is 2.25. The summed E-state index contributed by atoms with van der Waals surface area (Å²) >= 11 is 0. The van der Waals surface area contributed by atoms with Crippen molar-refractivity contribution in [2.24, 2.45) is 0 Å². The molecule has 0 saturated carbocycles. The molecule has 4 rings (SSSR count). The van der Waals surface area contributed by atoms with Crippen LogP contribution in [0.5, 0.6) is 0 Å². The van der Waals surface area contributed by atoms with Gasteiger partial charge < -0.3 is 15.0 Å². The van der Waals surface area contributed by atoms with Crippen LogP contribution in [0.3, 0.4) is 0 Å². The van der Waals surface area contributed by atoms with E-state index in [1.54, 1.807) is 12.3 Å². The van der Waals surface area contributed by atoms with Crippen LogP contribution in [0.2, 0.25) is 0 Å². The van der Waals surface area contributed by atoms with Crippen molar-refractivity contribution in [1.29, 1.82) is 0 Å². The molecule has 120 valence electrons. The van der Waals surface area contributed by atoms with Gasteiger partial charge in [0.25, 0.3) is 5.91 Å². The highest BCUT2D eigenvalue weighted by Crippen LogP contribution is 2.27. The first-order valence-electron chi connectivity index (χ1n) is 7.82. The summed E-state index contributed by atoms with van der Waals surface area (Å²) in [6, 6.07) is 14.2. The molecule has 0 aliphatic carbocycles. The van der Waals surface area contributed by atoms with Crippen LogP contribution >= 0.6 is 0 Å². The summed E-state index contributed by atoms with van der Waals surface area (Å²) < 4.78 is 0. The monoisotopic (exact) mass is 320 g/mol. The third-order valence-electron chi connectivity index (χ3n) is 4.61. The van der Waals surface area contributed by atoms with Crippen LogP contribution in [0.1, 0.15) is 21.5 Å². The van der Waals surface area contributed by atoms with Gasteiger partial charge in [0.2, 0.25) is 0 Å². The maximum absolute atomic E-state index is 13.1. The average Bonchev–Trinajstić information content (AvgIpc) is 3.08. The Kier molecular flexibility index (Phi) is 3.34. The number of carbonyl (C=O) groups excluding carboxylic acids is 1. The maximum Gasteiger partial charge on any atom is 0.326 e. The summed E-state index contributed by atoms with van der Waals surface area (Å²) in [5.41, 5.74) is 3.24. The number of carboxylic acids is 1. The molecule has 0 unspecified atom stereocenters. The minimum atomic E-state index is -0.975. The highest BCUT2D eigenvalue weighted by atomic mass is 16.4. The number of hydrogen-bond donors (Lipinski definition) is 2. The van der Waals surface area contributed by atoms with Crippen molar-refractivity contribution in [3.63, 3.8) is 0 Å². The molecule has 1 aliphatic rings. The number of nitrogens with one attached hydrogen (secondary N) is 1. The second-order valence-corrected chi connectivity index (χ2v) is 6.01. The van der Waals surface area contributed by atoms with Gasteiger partial charge in [0, 0.05) is 24.5 Å². The molecule has 2 N–H and O–H groups in total. The number of benzene rings is 2. The predicted octanol–water partition coefficient (Wildman–Crippen LogP) is 2.82. The molecule has 5 heteroatoms. The number of amides is 1. The normalized spacial score (nSPS) is 16.8. The van der Waals surface area contributed by atoms with Crippen LogP contribution in [-0.4, -0.2) is 32.9 Å². The number of aromatic amines is 1. The number of hydrogen-bond acceptors (Lipinski definition) is 2. The number of carboxylic acid groups (broad SMARTS) is 1. The number of nitrogens with zero attached hydrogens (tertiary/aromatic N) is 1. The lowest BCUT2D eigenvalue weighted by molar-refractivity contribution is -0.142. The molecule has 0 spiro atoms. The zero-order valence-electron chi connectivity index (χ0n) is 12.9. The summed E-state index contributed by atoms with van der Waals surface area (Å²) in [5, 5.41) is 10.5. The lowest BCUT2D eigenvalue weighted by Gasteiger charge is -2.34. The second-order valence-electron chi connectivity index (χ2n) is 6.01. The standard InChI is InChI=1S/C19H16N2O3/c22-18(15-7-3-6-12-8-9-20-17(12)15)21-11-14-5-2-1-4-13(14)10-16(21)19(23)24/h1-9,16,20H,10-11H2,(H,23,24)/t16-/m0/s1. The molecule has 0 bridgehead atoms. The number of fused-ring (bicyclic) bond motifs is 2. The zero-order valence-corrected chi connectivity index (χ0v) is 12.9. The van der Waals surface area contributed by atoms with Crippen LogP contribution in [0, 0.1) is 0 Å². The lowest BCUT2D eigenvalue weighted by Crippen LogP contribution is -2.48. The van der Waals surface area contributed by atoms with Crippen molar-refractivity contribution < 1.29 is 14.7 Å². The Hall–Kier alpha value is -3.08. The first kappa shape index (κ1) is 14.5. The maximum atomic E-state index is 13.1. The summed E-state index contributed by atoms with van der Waals surface area (Å²) in [4.78, 5) is 29.3. The molecule has 0 radical (unpaired) electrons. The van der Waals surface area contributed by atoms with E-state index in [1.807, 2.05) is 42.5 Å². The average molecular weight is 320 g/mol. The number of aromatic nitrogens is 1. The number of carbonyl (C=O) groups is 2. The van der Waals surface area contributed by atoms with E-state index in [2.05, 4.69) is 4.98 Å². The molecular weight excluding hydrogens is 304 g/mol. The van der Waals surface area contributed by atoms with Crippen LogP contribution in [0.25, 0.3) is 10.9 Å². The third-order valence-corrected chi connectivity index (χ3v) is 4.61. The van der Waals surface area contributed by atoms with E-state index in [0.717, 1.165) is 22.0 Å². The van der Waals surface area contributed by atoms with Gasteiger partial charge in [-0.2, -0.15) is 0 Å². The van der Waals surface area contributed by atoms with Crippen molar-refractivity contribution in [1.82, 2.24) is 9.88 Å². The molecule has 0 saturated heterocycles. The van der Waals surface area contributed by atoms with E-state index in [4.69, 9.17) is 0 Å². The van der Waals surface area contributed by atoms with Crippen molar-refractivity contribution in [2.45, 2.75) is 19.0 Å². The number of H-pyrrole nitrogens is 1. The van der Waals surface area contributed by atoms with Crippen molar-refractivity contribution in [3.05, 3.63) is 71.4 Å². The number of para-hydroxylation sites is 1. The van der Waals surface area contributed by atoms with Gasteiger partial charge in [0.05, 0.1) is 11.1 Å². The second kappa shape index (κ2) is 5.53. The van der Waals surface area contributed by atoms with Gasteiger partial charge >= 0.3 is 5.97 Å². The molecule has 1 amide bonds. The molecular formula is C19H16N2O3. The number of rotatable bonds is 2. The van der Waals surface area contributed by atoms with E-state index in [9.17, 15) is 14.7 Å². The van der Waals surface area contributed by atoms with E-state index < -0.39 is 12.0 Å². The highest BCUT2D eigenvalue weighted by Gasteiger charge is 2.35. The lowest BCUT2D eigenvalue weighted by atomic mass is 9.93. The van der Waals surface area contributed by atoms with Crippen LogP contribution in [-0.2, 0) is 17.8 Å². The summed E-state index contributed by atoms with van der Waals surface area (Å²) in [5.74, 6) is -1.23. The molecule has 3 aromatic rings. The summed E-state index contributed by atoms with van der Waals surface area (Å²) in [7, 11) is 0. The molecule has 0 fully saturated rings. The Morgan fingerprint density at radius 2 is 1.83 bits per heavy atom. The summed E-state index contributed by atoms with van der Waals surface area (Å²) in [6.07, 6.45) is 2.11. The molecule has 1 atom stereocenters. The smallest absolute Gasteiger partial charge is 0.326 e. The van der Waals surface area contributed by atoms with E-state index in [0.29, 0.717) is 18.5 Å². The highest BCUT2D eigenvalue weighted by molar-refractivity contribution is 6.06. The van der Waals surface area contributed by atoms with Gasteiger partial charge in [0.15, 0.2) is 0 Å². The van der Waals surface area contributed by atoms with Gasteiger partial charge in [-0.15, -0.1) is 0 Å². The van der Waals surface area contributed by atoms with E-state index in [1.165, 1.54) is 4.90 Å². The van der Waals surface area contributed by atoms with Crippen molar-refractivity contribution >= 4 is 22.8 Å². The molecule has 5 nitrogen and oxygen atoms in total. The molecule has 1 aromatic heterocycles. The van der Waals surface area contributed by atoms with Crippen LogP contribution < -0.4 is 0 Å². The largest absolute Gasteiger partial charge is 0.480 e. The Morgan fingerprint density at radius 1 is 1.04 bits per heavy atom. The minimum Gasteiger partial charge on any atom is -0.480 e. The van der Waals surface area contributed by atoms with Crippen molar-refractivity contribution in [2.75, 3.05) is 0 Å². The van der Waals surface area contributed by atoms with Gasteiger partial charge in [-0.25, -0.2) is 4.79 Å². The Labute approximate surface area is 138 Å². The predicted molar refractivity (Wildman–Crippen MR) is 89.7 cm³/mol. The van der Waals surface area contributed by atoms with Crippen LogP contribution in [0.15, 0.2) is 54.7 Å². The van der Waals surface area contributed by atoms with Gasteiger partial charge in [-0.1, -0.05) is 36.4 Å². The SMILES string of the molecule is O=C(O)[C@@H]1Cc2ccccc2CN1C(=O)c1cccc2cc[nH]c12. The molecule has 24 heavy (non-hydrogen) atoms. The molecule has 2 aromatic carbocycles. The van der Waals surface area contributed by atoms with Gasteiger partial charge in [0.1, 0.15) is 6.04 Å². The zero-order chi connectivity index (χ0) is 16.7. The first-order valence-corrected chi connectivity index (χ1v) is 7.82. The Morgan fingerprint density at radius 3 is 2.62 bits per heavy atom. The Bertz CT molecular complexity index is 944. The first-order chi connectivity index (χ1) is 11.6. The fraction of sp³-hybridized carbons (Fsp3) is 0.158. The fourth-order valence-electron chi connectivity index (χ4n) is 3.37. The minimum absolute atomic E-state index is 0.259. The van der Waals surface area contributed by atoms with Crippen molar-refractivity contribution in [3.8, 4) is 0 Å². The fourth-order valence-corrected chi connectivity index (χ4v) is 3.37. The quantitative estimate of drug-likeness (QED) is 0.762. The van der Waals surface area contributed by atoms with Gasteiger partial charge in [-0.3, -0.25) is 4.79 Å². The summed E-state index contributed by atoms with van der Waals surface area (Å²) in [6.45, 7) is 0.309. The van der Waals surface area contributed by atoms with Gasteiger partial charge in [-0.05, 0) is 23.3 Å².